The minimum absolute atomic E-state index is 0.0389. The van der Waals surface area contributed by atoms with Crippen LogP contribution in [0.3, 0.4) is 0 Å². The fraction of sp³-hybridized carbons (Fsp3) is 0.550. The minimum Gasteiger partial charge on any atom is -0.491 e. The number of hydrogen-bond donors (Lipinski definition) is 1. The molecule has 2 amide bonds. The number of amides is 2. The molecular weight excluding hydrogens is 410 g/mol. The maximum Gasteiger partial charge on any atom is 0.271 e. The third-order valence-corrected chi connectivity index (χ3v) is 7.18. The van der Waals surface area contributed by atoms with Crippen molar-refractivity contribution in [1.29, 1.82) is 0 Å². The highest BCUT2D eigenvalue weighted by Crippen LogP contribution is 2.23. The standard InChI is InChI=1S/C20H25N3O6S/c24-19-7-6-18(22-23(19)15-8-10-30(26,27)13-15)20(25)21-14-3-1-4-16(11-14)29-12-17-5-2-9-28-17/h1,3-4,11,15,17H,2,5-10,12-13H2,(H,21,25)/t15-,17+/m1/s1. The van der Waals surface area contributed by atoms with E-state index in [4.69, 9.17) is 9.47 Å². The zero-order chi connectivity index (χ0) is 21.1. The van der Waals surface area contributed by atoms with Crippen molar-refractivity contribution in [3.8, 4) is 5.75 Å². The van der Waals surface area contributed by atoms with Gasteiger partial charge in [-0.3, -0.25) is 9.59 Å². The third-order valence-electron chi connectivity index (χ3n) is 5.43. The highest BCUT2D eigenvalue weighted by molar-refractivity contribution is 7.91. The summed E-state index contributed by atoms with van der Waals surface area (Å²) < 4.78 is 34.8. The van der Waals surface area contributed by atoms with Gasteiger partial charge in [-0.15, -0.1) is 0 Å². The fourth-order valence-corrected chi connectivity index (χ4v) is 5.51. The Bertz CT molecular complexity index is 955. The van der Waals surface area contributed by atoms with Gasteiger partial charge in [-0.1, -0.05) is 6.07 Å². The van der Waals surface area contributed by atoms with E-state index in [2.05, 4.69) is 10.4 Å². The van der Waals surface area contributed by atoms with Crippen LogP contribution >= 0.6 is 0 Å². The van der Waals surface area contributed by atoms with Gasteiger partial charge in [0.2, 0.25) is 5.91 Å². The van der Waals surface area contributed by atoms with Crippen molar-refractivity contribution >= 4 is 33.1 Å². The smallest absolute Gasteiger partial charge is 0.271 e. The van der Waals surface area contributed by atoms with Crippen LogP contribution in [0.1, 0.15) is 32.1 Å². The summed E-state index contributed by atoms with van der Waals surface area (Å²) in [5.74, 6) is -0.108. The molecule has 3 aliphatic heterocycles. The number of nitrogens with zero attached hydrogens (tertiary/aromatic N) is 2. The topological polar surface area (TPSA) is 114 Å². The maximum absolute atomic E-state index is 12.7. The van der Waals surface area contributed by atoms with Crippen LogP contribution < -0.4 is 10.1 Å². The molecule has 162 valence electrons. The normalized spacial score (nSPS) is 25.8. The monoisotopic (exact) mass is 435 g/mol. The summed E-state index contributed by atoms with van der Waals surface area (Å²) in [6, 6.07) is 6.56. The summed E-state index contributed by atoms with van der Waals surface area (Å²) in [5, 5.41) is 8.16. The molecule has 9 nitrogen and oxygen atoms in total. The zero-order valence-electron chi connectivity index (χ0n) is 16.6. The molecule has 3 heterocycles. The molecule has 0 bridgehead atoms. The maximum atomic E-state index is 12.7. The van der Waals surface area contributed by atoms with Crippen molar-refractivity contribution in [2.75, 3.05) is 30.0 Å². The molecule has 0 unspecified atom stereocenters. The van der Waals surface area contributed by atoms with E-state index in [0.29, 0.717) is 24.5 Å². The largest absolute Gasteiger partial charge is 0.491 e. The Labute approximate surface area is 175 Å². The van der Waals surface area contributed by atoms with Crippen molar-refractivity contribution < 1.29 is 27.5 Å². The molecule has 2 atom stereocenters. The fourth-order valence-electron chi connectivity index (χ4n) is 3.82. The lowest BCUT2D eigenvalue weighted by atomic mass is 10.1. The molecular formula is C20H25N3O6S. The molecule has 0 spiro atoms. The Balaban J connectivity index is 1.39. The van der Waals surface area contributed by atoms with Gasteiger partial charge in [-0.25, -0.2) is 13.4 Å². The molecule has 2 saturated heterocycles. The summed E-state index contributed by atoms with van der Waals surface area (Å²) in [6.07, 6.45) is 2.81. The van der Waals surface area contributed by atoms with E-state index < -0.39 is 21.8 Å². The number of benzene rings is 1. The number of hydrogen-bond acceptors (Lipinski definition) is 7. The van der Waals surface area contributed by atoms with E-state index in [1.165, 1.54) is 5.01 Å². The van der Waals surface area contributed by atoms with Crippen LogP contribution in [-0.4, -0.2) is 67.8 Å². The van der Waals surface area contributed by atoms with Crippen molar-refractivity contribution in [3.05, 3.63) is 24.3 Å². The molecule has 0 aliphatic carbocycles. The van der Waals surface area contributed by atoms with Gasteiger partial charge in [0.15, 0.2) is 9.84 Å². The summed E-state index contributed by atoms with van der Waals surface area (Å²) in [6.45, 7) is 1.23. The third kappa shape index (κ3) is 4.99. The molecule has 0 radical (unpaired) electrons. The summed E-state index contributed by atoms with van der Waals surface area (Å²) in [5.41, 5.74) is 0.768. The Hall–Kier alpha value is -2.46. The highest BCUT2D eigenvalue weighted by atomic mass is 32.2. The number of nitrogens with one attached hydrogen (secondary N) is 1. The molecule has 2 fully saturated rings. The average Bonchev–Trinajstić information content (AvgIpc) is 3.36. The van der Waals surface area contributed by atoms with Gasteiger partial charge in [-0.05, 0) is 31.4 Å². The molecule has 1 N–H and O–H groups in total. The summed E-state index contributed by atoms with van der Waals surface area (Å²) in [7, 11) is -3.16. The van der Waals surface area contributed by atoms with Crippen molar-refractivity contribution in [2.45, 2.75) is 44.2 Å². The van der Waals surface area contributed by atoms with Crippen LogP contribution in [-0.2, 0) is 24.2 Å². The van der Waals surface area contributed by atoms with Crippen LogP contribution in [0.15, 0.2) is 29.4 Å². The number of ether oxygens (including phenoxy) is 2. The molecule has 10 heteroatoms. The number of hydrazone groups is 1. The minimum atomic E-state index is -3.16. The number of carbonyl (C=O) groups excluding carboxylic acids is 2. The van der Waals surface area contributed by atoms with Crippen LogP contribution in [0, 0.1) is 0 Å². The Morgan fingerprint density at radius 3 is 2.90 bits per heavy atom. The van der Waals surface area contributed by atoms with Gasteiger partial charge in [0.05, 0.1) is 23.7 Å². The molecule has 1 aromatic rings. The Kier molecular flexibility index (Phi) is 6.05. The second-order valence-corrected chi connectivity index (χ2v) is 10.00. The predicted octanol–water partition coefficient (Wildman–Crippen LogP) is 1.35. The van der Waals surface area contributed by atoms with E-state index in [-0.39, 0.29) is 42.1 Å². The van der Waals surface area contributed by atoms with E-state index in [1.54, 1.807) is 18.2 Å². The van der Waals surface area contributed by atoms with Crippen LogP contribution in [0.4, 0.5) is 5.69 Å². The highest BCUT2D eigenvalue weighted by Gasteiger charge is 2.37. The molecule has 0 aromatic heterocycles. The first-order chi connectivity index (χ1) is 14.4. The molecule has 4 rings (SSSR count). The Morgan fingerprint density at radius 1 is 1.30 bits per heavy atom. The second-order valence-electron chi connectivity index (χ2n) is 7.77. The molecule has 0 saturated carbocycles. The van der Waals surface area contributed by atoms with Crippen molar-refractivity contribution in [3.63, 3.8) is 0 Å². The van der Waals surface area contributed by atoms with Gasteiger partial charge in [0.1, 0.15) is 18.1 Å². The van der Waals surface area contributed by atoms with Gasteiger partial charge < -0.3 is 14.8 Å². The number of rotatable bonds is 6. The first kappa shape index (κ1) is 20.8. The van der Waals surface area contributed by atoms with Crippen LogP contribution in [0.25, 0.3) is 0 Å². The summed E-state index contributed by atoms with van der Waals surface area (Å²) >= 11 is 0. The van der Waals surface area contributed by atoms with Gasteiger partial charge in [0, 0.05) is 31.2 Å². The zero-order valence-corrected chi connectivity index (χ0v) is 17.4. The number of carbonyl (C=O) groups is 2. The van der Waals surface area contributed by atoms with Gasteiger partial charge in [0.25, 0.3) is 5.91 Å². The predicted molar refractivity (Wildman–Crippen MR) is 110 cm³/mol. The SMILES string of the molecule is O=C(Nc1cccc(OC[C@@H]2CCCO2)c1)C1=NN([C@@H]2CCS(=O)(=O)C2)C(=O)CC1. The average molecular weight is 436 g/mol. The first-order valence-electron chi connectivity index (χ1n) is 10.2. The van der Waals surface area contributed by atoms with Crippen LogP contribution in [0.2, 0.25) is 0 Å². The molecule has 3 aliphatic rings. The molecule has 30 heavy (non-hydrogen) atoms. The lowest BCUT2D eigenvalue weighted by Crippen LogP contribution is -2.42. The lowest BCUT2D eigenvalue weighted by molar-refractivity contribution is -0.133. The van der Waals surface area contributed by atoms with Gasteiger partial charge >= 0.3 is 0 Å². The van der Waals surface area contributed by atoms with Crippen LogP contribution in [0.5, 0.6) is 5.75 Å². The van der Waals surface area contributed by atoms with E-state index in [0.717, 1.165) is 19.4 Å². The van der Waals surface area contributed by atoms with Crippen molar-refractivity contribution in [1.82, 2.24) is 5.01 Å². The number of sulfone groups is 1. The lowest BCUT2D eigenvalue weighted by Gasteiger charge is -2.27. The van der Waals surface area contributed by atoms with E-state index in [1.807, 2.05) is 6.07 Å². The summed E-state index contributed by atoms with van der Waals surface area (Å²) in [4.78, 5) is 24.9. The first-order valence-corrected chi connectivity index (χ1v) is 12.0. The molecule has 1 aromatic carbocycles. The van der Waals surface area contributed by atoms with E-state index >= 15 is 0 Å². The second kappa shape index (κ2) is 8.73. The van der Waals surface area contributed by atoms with Crippen molar-refractivity contribution in [2.24, 2.45) is 5.10 Å². The number of anilines is 1. The van der Waals surface area contributed by atoms with E-state index in [9.17, 15) is 18.0 Å². The Morgan fingerprint density at radius 2 is 2.17 bits per heavy atom. The van der Waals surface area contributed by atoms with Gasteiger partial charge in [-0.2, -0.15) is 5.10 Å². The quantitative estimate of drug-likeness (QED) is 0.721.